The first-order valence-electron chi connectivity index (χ1n) is 9.56. The van der Waals surface area contributed by atoms with Crippen molar-refractivity contribution in [1.29, 1.82) is 0 Å². The Kier molecular flexibility index (Phi) is 4.55. The highest BCUT2D eigenvalue weighted by atomic mass is 32.2. The SMILES string of the molecule is O=C1NC(=O)C(=Cc2ccnc(N3CCC(c4c[nH]c5ccccc45)CC3)n2)S1. The van der Waals surface area contributed by atoms with E-state index in [2.05, 4.69) is 55.6 Å². The second-order valence-corrected chi connectivity index (χ2v) is 8.20. The van der Waals surface area contributed by atoms with Gasteiger partial charge in [0.15, 0.2) is 0 Å². The van der Waals surface area contributed by atoms with Gasteiger partial charge in [-0.25, -0.2) is 9.97 Å². The van der Waals surface area contributed by atoms with Crippen LogP contribution in [0.3, 0.4) is 0 Å². The second kappa shape index (κ2) is 7.36. The third-order valence-corrected chi connectivity index (χ3v) is 6.23. The largest absolute Gasteiger partial charge is 0.361 e. The number of carbonyl (C=O) groups excluding carboxylic acids is 2. The number of hydrogen-bond donors (Lipinski definition) is 2. The number of benzene rings is 1. The number of carbonyl (C=O) groups is 2. The molecule has 2 aliphatic heterocycles. The van der Waals surface area contributed by atoms with Gasteiger partial charge in [-0.2, -0.15) is 0 Å². The summed E-state index contributed by atoms with van der Waals surface area (Å²) in [6, 6.07) is 10.2. The van der Waals surface area contributed by atoms with Crippen molar-refractivity contribution in [2.45, 2.75) is 18.8 Å². The molecule has 146 valence electrons. The number of nitrogens with zero attached hydrogens (tertiary/aromatic N) is 3. The predicted molar refractivity (Wildman–Crippen MR) is 114 cm³/mol. The Labute approximate surface area is 171 Å². The van der Waals surface area contributed by atoms with Crippen LogP contribution in [0, 0.1) is 0 Å². The molecular weight excluding hydrogens is 386 g/mol. The van der Waals surface area contributed by atoms with Gasteiger partial charge in [0.2, 0.25) is 5.95 Å². The van der Waals surface area contributed by atoms with E-state index in [0.717, 1.165) is 37.7 Å². The zero-order valence-corrected chi connectivity index (χ0v) is 16.4. The van der Waals surface area contributed by atoms with Gasteiger partial charge in [0.1, 0.15) is 0 Å². The molecule has 29 heavy (non-hydrogen) atoms. The highest BCUT2D eigenvalue weighted by Crippen LogP contribution is 2.34. The molecule has 8 heteroatoms. The van der Waals surface area contributed by atoms with Gasteiger partial charge in [-0.05, 0) is 54.3 Å². The molecule has 2 saturated heterocycles. The third kappa shape index (κ3) is 3.51. The maximum atomic E-state index is 11.7. The van der Waals surface area contributed by atoms with Crippen molar-refractivity contribution in [1.82, 2.24) is 20.3 Å². The van der Waals surface area contributed by atoms with Gasteiger partial charge in [-0.1, -0.05) is 18.2 Å². The van der Waals surface area contributed by atoms with Crippen LogP contribution in [0.15, 0.2) is 47.6 Å². The first kappa shape index (κ1) is 17.9. The van der Waals surface area contributed by atoms with E-state index in [1.807, 2.05) is 0 Å². The molecule has 2 fully saturated rings. The molecule has 0 spiro atoms. The zero-order valence-electron chi connectivity index (χ0n) is 15.6. The van der Waals surface area contributed by atoms with Crippen LogP contribution in [-0.2, 0) is 4.79 Å². The monoisotopic (exact) mass is 405 g/mol. The Morgan fingerprint density at radius 3 is 2.76 bits per heavy atom. The molecule has 2 aliphatic rings. The Balaban J connectivity index is 1.30. The Morgan fingerprint density at radius 1 is 1.14 bits per heavy atom. The predicted octanol–water partition coefficient (Wildman–Crippen LogP) is 3.67. The average Bonchev–Trinajstić information content (AvgIpc) is 3.31. The molecule has 0 bridgehead atoms. The lowest BCUT2D eigenvalue weighted by Crippen LogP contribution is -2.34. The molecule has 7 nitrogen and oxygen atoms in total. The minimum absolute atomic E-state index is 0.352. The van der Waals surface area contributed by atoms with Gasteiger partial charge < -0.3 is 9.88 Å². The smallest absolute Gasteiger partial charge is 0.290 e. The lowest BCUT2D eigenvalue weighted by molar-refractivity contribution is -0.115. The van der Waals surface area contributed by atoms with Crippen LogP contribution in [0.5, 0.6) is 0 Å². The first-order valence-corrected chi connectivity index (χ1v) is 10.4. The molecule has 2 aromatic heterocycles. The van der Waals surface area contributed by atoms with Crippen LogP contribution in [0.1, 0.15) is 30.0 Å². The van der Waals surface area contributed by atoms with Crippen molar-refractivity contribution in [3.63, 3.8) is 0 Å². The van der Waals surface area contributed by atoms with Gasteiger partial charge in [0.05, 0.1) is 10.6 Å². The number of para-hydroxylation sites is 1. The van der Waals surface area contributed by atoms with E-state index >= 15 is 0 Å². The fourth-order valence-corrected chi connectivity index (χ4v) is 4.64. The van der Waals surface area contributed by atoms with E-state index in [1.54, 1.807) is 18.3 Å². The number of hydrogen-bond acceptors (Lipinski definition) is 6. The molecule has 0 unspecified atom stereocenters. The van der Waals surface area contributed by atoms with E-state index in [4.69, 9.17) is 0 Å². The summed E-state index contributed by atoms with van der Waals surface area (Å²) >= 11 is 0.894. The Bertz CT molecular complexity index is 1130. The summed E-state index contributed by atoms with van der Waals surface area (Å²) < 4.78 is 0. The lowest BCUT2D eigenvalue weighted by atomic mass is 9.89. The minimum atomic E-state index is -0.375. The third-order valence-electron chi connectivity index (χ3n) is 5.42. The summed E-state index contributed by atoms with van der Waals surface area (Å²) in [6.07, 6.45) is 7.53. The molecule has 2 amide bonds. The van der Waals surface area contributed by atoms with Gasteiger partial charge in [0.25, 0.3) is 11.1 Å². The van der Waals surface area contributed by atoms with Gasteiger partial charge in [-0.3, -0.25) is 14.9 Å². The zero-order chi connectivity index (χ0) is 19.8. The van der Waals surface area contributed by atoms with Crippen molar-refractivity contribution in [2.24, 2.45) is 0 Å². The van der Waals surface area contributed by atoms with Gasteiger partial charge in [0, 0.05) is 36.4 Å². The van der Waals surface area contributed by atoms with E-state index in [0.29, 0.717) is 22.5 Å². The van der Waals surface area contributed by atoms with Gasteiger partial charge in [-0.15, -0.1) is 0 Å². The summed E-state index contributed by atoms with van der Waals surface area (Å²) in [5.41, 5.74) is 3.19. The standard InChI is InChI=1S/C21H19N5O2S/c27-19-18(29-21(28)25-19)11-14-5-8-22-20(24-14)26-9-6-13(7-10-26)16-12-23-17-4-2-1-3-15(16)17/h1-5,8,11-13,23H,6-7,9-10H2,(H,25,27,28). The number of amides is 2. The molecule has 5 rings (SSSR count). The number of fused-ring (bicyclic) bond motifs is 1. The number of thioether (sulfide) groups is 1. The van der Waals surface area contributed by atoms with Crippen molar-refractivity contribution in [3.05, 3.63) is 58.9 Å². The van der Waals surface area contributed by atoms with Crippen LogP contribution in [0.4, 0.5) is 10.7 Å². The van der Waals surface area contributed by atoms with Crippen molar-refractivity contribution in [2.75, 3.05) is 18.0 Å². The molecule has 2 N–H and O–H groups in total. The van der Waals surface area contributed by atoms with Crippen molar-refractivity contribution in [3.8, 4) is 0 Å². The molecule has 0 aliphatic carbocycles. The van der Waals surface area contributed by atoms with E-state index in [1.165, 1.54) is 16.5 Å². The maximum absolute atomic E-state index is 11.7. The minimum Gasteiger partial charge on any atom is -0.361 e. The molecule has 1 aromatic carbocycles. The number of aromatic nitrogens is 3. The molecule has 0 atom stereocenters. The quantitative estimate of drug-likeness (QED) is 0.646. The van der Waals surface area contributed by atoms with Crippen molar-refractivity contribution >= 4 is 45.8 Å². The highest BCUT2D eigenvalue weighted by Gasteiger charge is 2.26. The summed E-state index contributed by atoms with van der Waals surface area (Å²) in [5, 5.41) is 3.21. The normalized spacial score (nSPS) is 19.3. The number of imide groups is 1. The fraction of sp³-hybridized carbons (Fsp3) is 0.238. The van der Waals surface area contributed by atoms with E-state index in [-0.39, 0.29) is 11.1 Å². The summed E-state index contributed by atoms with van der Waals surface area (Å²) in [7, 11) is 0. The number of rotatable bonds is 3. The number of piperidine rings is 1. The van der Waals surface area contributed by atoms with Gasteiger partial charge >= 0.3 is 0 Å². The van der Waals surface area contributed by atoms with Crippen LogP contribution < -0.4 is 10.2 Å². The molecule has 0 radical (unpaired) electrons. The molecule has 4 heterocycles. The highest BCUT2D eigenvalue weighted by molar-refractivity contribution is 8.18. The van der Waals surface area contributed by atoms with Crippen LogP contribution in [-0.4, -0.2) is 39.2 Å². The van der Waals surface area contributed by atoms with Crippen LogP contribution >= 0.6 is 11.8 Å². The summed E-state index contributed by atoms with van der Waals surface area (Å²) in [5.74, 6) is 0.795. The second-order valence-electron chi connectivity index (χ2n) is 7.18. The van der Waals surface area contributed by atoms with E-state index < -0.39 is 0 Å². The first-order chi connectivity index (χ1) is 14.2. The molecular formula is C21H19N5O2S. The summed E-state index contributed by atoms with van der Waals surface area (Å²) in [4.78, 5) is 38.0. The number of H-pyrrole nitrogens is 1. The number of aromatic amines is 1. The average molecular weight is 405 g/mol. The van der Waals surface area contributed by atoms with Crippen LogP contribution in [0.25, 0.3) is 17.0 Å². The lowest BCUT2D eigenvalue weighted by Gasteiger charge is -2.32. The van der Waals surface area contributed by atoms with Crippen LogP contribution in [0.2, 0.25) is 0 Å². The Hall–Kier alpha value is -3.13. The van der Waals surface area contributed by atoms with E-state index in [9.17, 15) is 9.59 Å². The van der Waals surface area contributed by atoms with Crippen molar-refractivity contribution < 1.29 is 9.59 Å². The summed E-state index contributed by atoms with van der Waals surface area (Å²) in [6.45, 7) is 1.75. The fourth-order valence-electron chi connectivity index (χ4n) is 3.97. The maximum Gasteiger partial charge on any atom is 0.290 e. The Morgan fingerprint density at radius 2 is 1.97 bits per heavy atom. The topological polar surface area (TPSA) is 91.0 Å². The molecule has 3 aromatic rings. The molecule has 0 saturated carbocycles. The number of nitrogens with one attached hydrogen (secondary N) is 2. The number of anilines is 1.